The molecule has 0 amide bonds. The Morgan fingerprint density at radius 2 is 1.65 bits per heavy atom. The molecule has 0 bridgehead atoms. The maximum Gasteiger partial charge on any atom is 0.335 e. The lowest BCUT2D eigenvalue weighted by Crippen LogP contribution is -2.27. The standard InChI is InChI=1S/C26H26N2O3/c1-4-24(23-13-9-10-14-25(23)31-22-11-7-6-8-12-22)28(5-2)19(3)27-21-17-15-20(16-18-21)26(29)30/h4,6-18H,5H2,1-3H3,(H,29,30)/b24-4-,27-19?. The summed E-state index contributed by atoms with van der Waals surface area (Å²) >= 11 is 0. The molecule has 0 saturated heterocycles. The zero-order valence-corrected chi connectivity index (χ0v) is 17.9. The number of carbonyl (C=O) groups is 1. The van der Waals surface area contributed by atoms with Crippen LogP contribution in [0.15, 0.2) is 89.9 Å². The Morgan fingerprint density at radius 3 is 2.26 bits per heavy atom. The van der Waals surface area contributed by atoms with Gasteiger partial charge in [0.1, 0.15) is 17.3 Å². The first kappa shape index (κ1) is 21.8. The highest BCUT2D eigenvalue weighted by molar-refractivity contribution is 5.92. The summed E-state index contributed by atoms with van der Waals surface area (Å²) < 4.78 is 6.16. The van der Waals surface area contributed by atoms with Crippen LogP contribution < -0.4 is 4.74 Å². The number of allylic oxidation sites excluding steroid dienone is 1. The predicted molar refractivity (Wildman–Crippen MR) is 125 cm³/mol. The van der Waals surface area contributed by atoms with Crippen LogP contribution in [0.5, 0.6) is 11.5 Å². The second kappa shape index (κ2) is 10.3. The van der Waals surface area contributed by atoms with Gasteiger partial charge in [-0.15, -0.1) is 0 Å². The van der Waals surface area contributed by atoms with Gasteiger partial charge in [-0.3, -0.25) is 0 Å². The van der Waals surface area contributed by atoms with Gasteiger partial charge >= 0.3 is 5.97 Å². The van der Waals surface area contributed by atoms with Crippen molar-refractivity contribution in [2.45, 2.75) is 20.8 Å². The number of carboxylic acid groups (broad SMARTS) is 1. The Balaban J connectivity index is 1.92. The third-order valence-corrected chi connectivity index (χ3v) is 4.81. The summed E-state index contributed by atoms with van der Waals surface area (Å²) in [6.07, 6.45) is 2.04. The van der Waals surface area contributed by atoms with Crippen LogP contribution in [0.1, 0.15) is 36.7 Å². The van der Waals surface area contributed by atoms with E-state index in [0.29, 0.717) is 12.2 Å². The lowest BCUT2D eigenvalue weighted by atomic mass is 10.1. The van der Waals surface area contributed by atoms with Crippen LogP contribution in [0, 0.1) is 0 Å². The van der Waals surface area contributed by atoms with Crippen molar-refractivity contribution in [1.29, 1.82) is 0 Å². The number of ether oxygens (including phenoxy) is 1. The lowest BCUT2D eigenvalue weighted by Gasteiger charge is -2.27. The summed E-state index contributed by atoms with van der Waals surface area (Å²) in [4.78, 5) is 17.9. The molecule has 5 heteroatoms. The van der Waals surface area contributed by atoms with Crippen LogP contribution in [0.3, 0.4) is 0 Å². The number of hydrogen-bond acceptors (Lipinski definition) is 3. The largest absolute Gasteiger partial charge is 0.478 e. The molecule has 0 saturated carbocycles. The minimum Gasteiger partial charge on any atom is -0.478 e. The molecule has 0 atom stereocenters. The normalized spacial score (nSPS) is 11.8. The average molecular weight is 415 g/mol. The fourth-order valence-corrected chi connectivity index (χ4v) is 3.34. The number of nitrogens with zero attached hydrogens (tertiary/aromatic N) is 2. The van der Waals surface area contributed by atoms with Crippen LogP contribution in [0.2, 0.25) is 0 Å². The van der Waals surface area contributed by atoms with Crippen LogP contribution in [-0.2, 0) is 0 Å². The second-order valence-corrected chi connectivity index (χ2v) is 6.84. The van der Waals surface area contributed by atoms with E-state index < -0.39 is 5.97 Å². The van der Waals surface area contributed by atoms with Gasteiger partial charge in [-0.1, -0.05) is 36.4 Å². The Morgan fingerprint density at radius 1 is 1.00 bits per heavy atom. The molecule has 1 N–H and O–H groups in total. The number of para-hydroxylation sites is 2. The minimum absolute atomic E-state index is 0.241. The fraction of sp³-hybridized carbons (Fsp3) is 0.154. The summed E-state index contributed by atoms with van der Waals surface area (Å²) in [5.74, 6) is 1.39. The molecule has 31 heavy (non-hydrogen) atoms. The highest BCUT2D eigenvalue weighted by atomic mass is 16.5. The van der Waals surface area contributed by atoms with Gasteiger partial charge in [0.15, 0.2) is 0 Å². The maximum atomic E-state index is 11.1. The van der Waals surface area contributed by atoms with E-state index in [1.807, 2.05) is 74.5 Å². The molecule has 3 aromatic carbocycles. The third-order valence-electron chi connectivity index (χ3n) is 4.81. The maximum absolute atomic E-state index is 11.1. The molecular weight excluding hydrogens is 388 g/mol. The van der Waals surface area contributed by atoms with Gasteiger partial charge < -0.3 is 14.7 Å². The third kappa shape index (κ3) is 5.39. The molecule has 0 aliphatic rings. The molecule has 0 spiro atoms. The van der Waals surface area contributed by atoms with Crippen molar-refractivity contribution in [2.75, 3.05) is 6.54 Å². The van der Waals surface area contributed by atoms with Gasteiger partial charge in [0, 0.05) is 17.8 Å². The summed E-state index contributed by atoms with van der Waals surface area (Å²) in [6.45, 7) is 6.71. The van der Waals surface area contributed by atoms with Gasteiger partial charge in [-0.2, -0.15) is 0 Å². The van der Waals surface area contributed by atoms with Crippen molar-refractivity contribution in [2.24, 2.45) is 4.99 Å². The Kier molecular flexibility index (Phi) is 7.22. The molecule has 0 unspecified atom stereocenters. The van der Waals surface area contributed by atoms with Gasteiger partial charge in [-0.25, -0.2) is 9.79 Å². The Hall–Kier alpha value is -3.86. The number of benzene rings is 3. The van der Waals surface area contributed by atoms with Gasteiger partial charge in [0.2, 0.25) is 0 Å². The fourth-order valence-electron chi connectivity index (χ4n) is 3.34. The molecule has 3 aromatic rings. The Bertz CT molecular complexity index is 1090. The number of aliphatic imine (C=N–C) groups is 1. The zero-order chi connectivity index (χ0) is 22.2. The summed E-state index contributed by atoms with van der Waals surface area (Å²) in [5, 5.41) is 9.08. The SMILES string of the molecule is C/C=C(/c1ccccc1Oc1ccccc1)N(CC)C(C)=Nc1ccc(C(=O)O)cc1. The van der Waals surface area contributed by atoms with Crippen molar-refractivity contribution in [1.82, 2.24) is 4.90 Å². The van der Waals surface area contributed by atoms with E-state index in [-0.39, 0.29) is 5.56 Å². The van der Waals surface area contributed by atoms with Crippen molar-refractivity contribution in [3.05, 3.63) is 96.1 Å². The summed E-state index contributed by atoms with van der Waals surface area (Å²) in [7, 11) is 0. The van der Waals surface area contributed by atoms with Gasteiger partial charge in [0.05, 0.1) is 11.3 Å². The Labute approximate surface area is 182 Å². The average Bonchev–Trinajstić information content (AvgIpc) is 2.79. The number of aromatic carboxylic acids is 1. The zero-order valence-electron chi connectivity index (χ0n) is 17.9. The van der Waals surface area contributed by atoms with Crippen molar-refractivity contribution in [3.63, 3.8) is 0 Å². The van der Waals surface area contributed by atoms with Crippen molar-refractivity contribution >= 4 is 23.2 Å². The van der Waals surface area contributed by atoms with E-state index in [0.717, 1.165) is 28.6 Å². The van der Waals surface area contributed by atoms with Crippen LogP contribution in [0.25, 0.3) is 5.70 Å². The van der Waals surface area contributed by atoms with Crippen LogP contribution >= 0.6 is 0 Å². The van der Waals surface area contributed by atoms with Crippen LogP contribution in [-0.4, -0.2) is 28.4 Å². The molecular formula is C26H26N2O3. The van der Waals surface area contributed by atoms with E-state index in [4.69, 9.17) is 14.8 Å². The monoisotopic (exact) mass is 414 g/mol. The van der Waals surface area contributed by atoms with Gasteiger partial charge in [0.25, 0.3) is 0 Å². The number of amidine groups is 1. The van der Waals surface area contributed by atoms with E-state index in [1.165, 1.54) is 0 Å². The van der Waals surface area contributed by atoms with Crippen LogP contribution in [0.4, 0.5) is 5.69 Å². The lowest BCUT2D eigenvalue weighted by molar-refractivity contribution is 0.0697. The molecule has 5 nitrogen and oxygen atoms in total. The first-order valence-electron chi connectivity index (χ1n) is 10.2. The van der Waals surface area contributed by atoms with E-state index in [1.54, 1.807) is 24.3 Å². The first-order valence-corrected chi connectivity index (χ1v) is 10.2. The highest BCUT2D eigenvalue weighted by Gasteiger charge is 2.17. The number of carboxylic acids is 1. The molecule has 0 aliphatic carbocycles. The smallest absolute Gasteiger partial charge is 0.335 e. The quantitative estimate of drug-likeness (QED) is 0.349. The molecule has 0 fully saturated rings. The van der Waals surface area contributed by atoms with Crippen molar-refractivity contribution < 1.29 is 14.6 Å². The topological polar surface area (TPSA) is 62.1 Å². The minimum atomic E-state index is -0.950. The first-order chi connectivity index (χ1) is 15.0. The van der Waals surface area contributed by atoms with E-state index in [2.05, 4.69) is 11.8 Å². The molecule has 3 rings (SSSR count). The number of hydrogen-bond donors (Lipinski definition) is 1. The molecule has 158 valence electrons. The van der Waals surface area contributed by atoms with E-state index >= 15 is 0 Å². The van der Waals surface area contributed by atoms with E-state index in [9.17, 15) is 4.79 Å². The second-order valence-electron chi connectivity index (χ2n) is 6.84. The molecule has 0 heterocycles. The summed E-state index contributed by atoms with van der Waals surface area (Å²) in [5.41, 5.74) is 2.89. The number of rotatable bonds is 7. The highest BCUT2D eigenvalue weighted by Crippen LogP contribution is 2.32. The predicted octanol–water partition coefficient (Wildman–Crippen LogP) is 6.61. The van der Waals surface area contributed by atoms with Gasteiger partial charge in [-0.05, 0) is 69.3 Å². The molecule has 0 aliphatic heterocycles. The molecule has 0 radical (unpaired) electrons. The van der Waals surface area contributed by atoms with Crippen molar-refractivity contribution in [3.8, 4) is 11.5 Å². The summed E-state index contributed by atoms with van der Waals surface area (Å²) in [6, 6.07) is 24.2. The molecule has 0 aromatic heterocycles.